The van der Waals surface area contributed by atoms with Crippen molar-refractivity contribution in [3.63, 3.8) is 0 Å². The van der Waals surface area contributed by atoms with Gasteiger partial charge in [0.25, 0.3) is 0 Å². The second-order valence-corrected chi connectivity index (χ2v) is 25.1. The van der Waals surface area contributed by atoms with Gasteiger partial charge in [-0.25, -0.2) is 4.70 Å². The van der Waals surface area contributed by atoms with Gasteiger partial charge in [-0.3, -0.25) is 0 Å². The van der Waals surface area contributed by atoms with E-state index in [1.807, 2.05) is 60.7 Å². The third-order valence-corrected chi connectivity index (χ3v) is 13.7. The summed E-state index contributed by atoms with van der Waals surface area (Å²) in [6, 6.07) is 43.8. The Morgan fingerprint density at radius 2 is 0.955 bits per heavy atom. The molecule has 362 valence electrons. The van der Waals surface area contributed by atoms with Crippen molar-refractivity contribution in [3.8, 4) is 0 Å². The zero-order valence-corrected chi connectivity index (χ0v) is 44.4. The van der Waals surface area contributed by atoms with Gasteiger partial charge in [0.2, 0.25) is 11.4 Å². The SMILES string of the molecule is CCCCCCCCCCCCCCCCCCCCCCCCC=CC1=C(c2ccc(CCCC)cc2)[N+](=[N-])C(c2cccc(C[Si](C)(C)C)c2)=C1.[Ni+2].[c-]1ccccc1.[c-]1ccccc1. The molecule has 0 bridgehead atoms. The third-order valence-electron chi connectivity index (χ3n) is 12.2. The second kappa shape index (κ2) is 38.4. The first-order valence-electron chi connectivity index (χ1n) is 26.4. The van der Waals surface area contributed by atoms with Crippen molar-refractivity contribution in [1.29, 1.82) is 0 Å². The van der Waals surface area contributed by atoms with Gasteiger partial charge >= 0.3 is 16.5 Å². The first-order chi connectivity index (χ1) is 31.8. The van der Waals surface area contributed by atoms with Gasteiger partial charge in [0, 0.05) is 25.3 Å². The fourth-order valence-electron chi connectivity index (χ4n) is 8.57. The molecule has 0 saturated heterocycles. The van der Waals surface area contributed by atoms with Crippen LogP contribution >= 0.6 is 0 Å². The van der Waals surface area contributed by atoms with Gasteiger partial charge in [0.05, 0.1) is 5.57 Å². The average molecular weight is 950 g/mol. The molecule has 0 radical (unpaired) electrons. The molecule has 4 aromatic rings. The van der Waals surface area contributed by atoms with E-state index in [1.54, 1.807) is 0 Å². The van der Waals surface area contributed by atoms with E-state index < -0.39 is 8.07 Å². The first kappa shape index (κ1) is 58.5. The maximum Gasteiger partial charge on any atom is 2.00 e. The molecule has 0 aliphatic carbocycles. The van der Waals surface area contributed by atoms with Crippen molar-refractivity contribution in [1.82, 2.24) is 0 Å². The Bertz CT molecular complexity index is 1770. The molecular formula is C62H90N2NiSi. The van der Waals surface area contributed by atoms with E-state index >= 15 is 0 Å². The molecule has 0 fully saturated rings. The zero-order chi connectivity index (χ0) is 46.5. The van der Waals surface area contributed by atoms with Crippen LogP contribution in [-0.4, -0.2) is 12.8 Å². The molecule has 2 nitrogen and oxygen atoms in total. The molecule has 1 heterocycles. The van der Waals surface area contributed by atoms with Gasteiger partial charge in [0.15, 0.2) is 0 Å². The molecule has 0 N–H and O–H groups in total. The first-order valence-corrected chi connectivity index (χ1v) is 30.2. The van der Waals surface area contributed by atoms with Crippen LogP contribution in [0, 0.1) is 12.1 Å². The number of hydrogen-bond acceptors (Lipinski definition) is 0. The molecule has 4 aromatic carbocycles. The van der Waals surface area contributed by atoms with Crippen LogP contribution < -0.4 is 0 Å². The summed E-state index contributed by atoms with van der Waals surface area (Å²) in [6.07, 6.45) is 42.7. The number of nitrogens with zero attached hydrogens (tertiary/aromatic N) is 2. The molecule has 0 aromatic heterocycles. The van der Waals surface area contributed by atoms with Gasteiger partial charge in [-0.15, -0.1) is 0 Å². The van der Waals surface area contributed by atoms with E-state index in [-0.39, 0.29) is 16.5 Å². The smallest absolute Gasteiger partial charge is 0.493 e. The van der Waals surface area contributed by atoms with Gasteiger partial charge in [-0.05, 0) is 67.1 Å². The van der Waals surface area contributed by atoms with Crippen LogP contribution in [0.25, 0.3) is 16.9 Å². The number of hydrogen-bond donors (Lipinski definition) is 0. The molecule has 1 aliphatic rings. The Labute approximate surface area is 417 Å². The Hall–Kier alpha value is -3.59. The Balaban J connectivity index is 0.000000990. The molecule has 0 atom stereocenters. The summed E-state index contributed by atoms with van der Waals surface area (Å²) in [5, 5.41) is 0. The van der Waals surface area contributed by atoms with Crippen LogP contribution in [0.5, 0.6) is 0 Å². The quantitative estimate of drug-likeness (QED) is 0.0208. The van der Waals surface area contributed by atoms with Crippen LogP contribution in [-0.2, 0) is 29.0 Å². The van der Waals surface area contributed by atoms with Crippen LogP contribution in [0.2, 0.25) is 19.6 Å². The van der Waals surface area contributed by atoms with Crippen molar-refractivity contribution < 1.29 is 21.2 Å². The number of rotatable bonds is 31. The molecule has 4 heteroatoms. The second-order valence-electron chi connectivity index (χ2n) is 19.7. The number of allylic oxidation sites excluding steroid dienone is 4. The molecule has 0 amide bonds. The minimum absolute atomic E-state index is 0. The monoisotopic (exact) mass is 949 g/mol. The third kappa shape index (κ3) is 27.9. The largest absolute Gasteiger partial charge is 2.00 e. The minimum atomic E-state index is -1.25. The molecule has 5 rings (SSSR count). The number of aryl methyl sites for hydroxylation is 1. The average Bonchev–Trinajstić information content (AvgIpc) is 3.66. The Kier molecular flexibility index (Phi) is 34.0. The predicted molar refractivity (Wildman–Crippen MR) is 289 cm³/mol. The normalized spacial score (nSPS) is 12.3. The molecule has 66 heavy (non-hydrogen) atoms. The Morgan fingerprint density at radius 3 is 1.36 bits per heavy atom. The summed E-state index contributed by atoms with van der Waals surface area (Å²) >= 11 is 0. The fourth-order valence-corrected chi connectivity index (χ4v) is 10.0. The maximum atomic E-state index is 11.6. The van der Waals surface area contributed by atoms with E-state index in [2.05, 4.69) is 112 Å². The predicted octanol–water partition coefficient (Wildman–Crippen LogP) is 19.8. The van der Waals surface area contributed by atoms with Crippen molar-refractivity contribution in [2.75, 3.05) is 0 Å². The summed E-state index contributed by atoms with van der Waals surface area (Å²) in [6.45, 7) is 11.8. The van der Waals surface area contributed by atoms with Crippen molar-refractivity contribution in [2.45, 2.75) is 206 Å². The van der Waals surface area contributed by atoms with Crippen LogP contribution in [0.4, 0.5) is 0 Å². The van der Waals surface area contributed by atoms with Gasteiger partial charge < -0.3 is 5.53 Å². The Morgan fingerprint density at radius 1 is 0.500 bits per heavy atom. The molecule has 1 aliphatic heterocycles. The molecule has 0 spiro atoms. The van der Waals surface area contributed by atoms with Crippen LogP contribution in [0.1, 0.15) is 197 Å². The summed E-state index contributed by atoms with van der Waals surface area (Å²) in [5.41, 5.74) is 19.4. The summed E-state index contributed by atoms with van der Waals surface area (Å²) in [4.78, 5) is 0. The standard InChI is InChI=1S/C50H80N2Si.2C6H5.Ni/c1-6-8-10-11-12-13-14-15-16-17-18-19-20-21-22-23-24-25-26-27-28-29-30-31-35-48-42-49(47-36-32-34-45(41-47)43-53(3,4)5)52(51)50(48)46-39-37-44(38-40-46)33-9-7-2;2*1-2-4-6-5-3-1;/h31-32,34-42H,6-30,33,43H2,1-5H3;2*1-5H;/q;2*-1;+2. The van der Waals surface area contributed by atoms with E-state index in [1.165, 1.54) is 170 Å². The summed E-state index contributed by atoms with van der Waals surface area (Å²) < 4.78 is 1.44. The maximum absolute atomic E-state index is 11.6. The van der Waals surface area contributed by atoms with Gasteiger partial charge in [-0.1, -0.05) is 211 Å². The van der Waals surface area contributed by atoms with E-state index in [9.17, 15) is 5.53 Å². The summed E-state index contributed by atoms with van der Waals surface area (Å²) in [7, 11) is -1.25. The minimum Gasteiger partial charge on any atom is -0.493 e. The number of unbranched alkanes of at least 4 members (excludes halogenated alkanes) is 23. The number of benzene rings is 4. The van der Waals surface area contributed by atoms with Crippen molar-refractivity contribution in [2.24, 2.45) is 0 Å². The van der Waals surface area contributed by atoms with Crippen LogP contribution in [0.3, 0.4) is 0 Å². The topological polar surface area (TPSA) is 25.3 Å². The van der Waals surface area contributed by atoms with Crippen molar-refractivity contribution in [3.05, 3.63) is 173 Å². The zero-order valence-electron chi connectivity index (χ0n) is 42.4. The van der Waals surface area contributed by atoms with Crippen LogP contribution in [0.15, 0.2) is 133 Å². The van der Waals surface area contributed by atoms with Gasteiger partial charge in [-0.2, -0.15) is 72.8 Å². The van der Waals surface area contributed by atoms with E-state index in [4.69, 9.17) is 0 Å². The van der Waals surface area contributed by atoms with E-state index in [0.29, 0.717) is 0 Å². The molecule has 0 unspecified atom stereocenters. The fraction of sp³-hybridized carbons (Fsp3) is 0.516. The van der Waals surface area contributed by atoms with Crippen molar-refractivity contribution >= 4 is 19.5 Å². The summed E-state index contributed by atoms with van der Waals surface area (Å²) in [5.74, 6) is 0. The molecular weight excluding hydrogens is 859 g/mol. The van der Waals surface area contributed by atoms with Gasteiger partial charge in [0.1, 0.15) is 0 Å². The molecule has 0 saturated carbocycles. The van der Waals surface area contributed by atoms with E-state index in [0.717, 1.165) is 47.0 Å².